The summed E-state index contributed by atoms with van der Waals surface area (Å²) in [7, 11) is 2.02. The minimum Gasteiger partial charge on any atom is -0.369 e. The zero-order valence-electron chi connectivity index (χ0n) is 9.84. The average Bonchev–Trinajstić information content (AvgIpc) is 2.75. The molecule has 0 unspecified atom stereocenters. The minimum absolute atomic E-state index is 0.687. The molecule has 1 heterocycles. The lowest BCUT2D eigenvalue weighted by atomic mass is 10.2. The van der Waals surface area contributed by atoms with E-state index in [4.69, 9.17) is 5.26 Å². The number of hydrogen-bond acceptors (Lipinski definition) is 4. The predicted octanol–water partition coefficient (Wildman–Crippen LogP) is 2.96. The molecule has 0 saturated heterocycles. The van der Waals surface area contributed by atoms with Crippen LogP contribution in [-0.2, 0) is 6.54 Å². The molecule has 0 saturated carbocycles. The van der Waals surface area contributed by atoms with Crippen LogP contribution >= 0.6 is 11.3 Å². The Morgan fingerprint density at radius 2 is 2.06 bits per heavy atom. The van der Waals surface area contributed by atoms with Gasteiger partial charge in [0.2, 0.25) is 0 Å². The fraction of sp³-hybridized carbons (Fsp3) is 0.231. The van der Waals surface area contributed by atoms with Gasteiger partial charge in [-0.25, -0.2) is 4.98 Å². The average molecular weight is 243 g/mol. The summed E-state index contributed by atoms with van der Waals surface area (Å²) in [6.07, 6.45) is 0. The van der Waals surface area contributed by atoms with E-state index in [1.165, 1.54) is 0 Å². The van der Waals surface area contributed by atoms with Crippen molar-refractivity contribution in [1.29, 1.82) is 5.26 Å². The van der Waals surface area contributed by atoms with Crippen LogP contribution in [0, 0.1) is 18.3 Å². The Labute approximate surface area is 105 Å². The maximum absolute atomic E-state index is 8.73. The van der Waals surface area contributed by atoms with Gasteiger partial charge in [-0.2, -0.15) is 5.26 Å². The molecule has 1 aromatic carbocycles. The number of hydrogen-bond donors (Lipinski definition) is 0. The fourth-order valence-electron chi connectivity index (χ4n) is 1.61. The number of anilines is 1. The lowest BCUT2D eigenvalue weighted by molar-refractivity contribution is 0.890. The van der Waals surface area contributed by atoms with E-state index in [0.717, 1.165) is 22.9 Å². The molecule has 0 atom stereocenters. The number of benzene rings is 1. The summed E-state index contributed by atoms with van der Waals surface area (Å²) in [5.41, 5.74) is 2.86. The molecule has 0 radical (unpaired) electrons. The molecule has 2 aromatic rings. The summed E-state index contributed by atoms with van der Waals surface area (Å²) in [5.74, 6) is 0. The van der Waals surface area contributed by atoms with Crippen LogP contribution in [0.5, 0.6) is 0 Å². The third kappa shape index (κ3) is 2.83. The first-order valence-corrected chi connectivity index (χ1v) is 6.19. The third-order valence-electron chi connectivity index (χ3n) is 2.50. The van der Waals surface area contributed by atoms with Gasteiger partial charge in [0.25, 0.3) is 0 Å². The highest BCUT2D eigenvalue weighted by molar-refractivity contribution is 7.09. The van der Waals surface area contributed by atoms with Crippen molar-refractivity contribution in [3.8, 4) is 6.07 Å². The maximum Gasteiger partial charge on any atom is 0.0991 e. The van der Waals surface area contributed by atoms with Crippen LogP contribution in [0.25, 0.3) is 0 Å². The number of rotatable bonds is 3. The lowest BCUT2D eigenvalue weighted by Crippen LogP contribution is -2.16. The van der Waals surface area contributed by atoms with Gasteiger partial charge < -0.3 is 4.90 Å². The fourth-order valence-corrected chi connectivity index (χ4v) is 2.21. The number of thiazole rings is 1. The standard InChI is InChI=1S/C13H13N3S/c1-10-15-12(9-17-10)8-16(2)13-5-3-11(7-14)4-6-13/h3-6,9H,8H2,1-2H3. The van der Waals surface area contributed by atoms with Crippen molar-refractivity contribution in [3.63, 3.8) is 0 Å². The van der Waals surface area contributed by atoms with E-state index in [0.29, 0.717) is 5.56 Å². The highest BCUT2D eigenvalue weighted by Crippen LogP contribution is 2.17. The van der Waals surface area contributed by atoms with Gasteiger partial charge in [0.1, 0.15) is 0 Å². The quantitative estimate of drug-likeness (QED) is 0.832. The predicted molar refractivity (Wildman–Crippen MR) is 70.1 cm³/mol. The van der Waals surface area contributed by atoms with Gasteiger partial charge in [-0.15, -0.1) is 11.3 Å². The van der Waals surface area contributed by atoms with E-state index in [1.54, 1.807) is 11.3 Å². The molecular weight excluding hydrogens is 230 g/mol. The molecule has 0 fully saturated rings. The molecule has 2 rings (SSSR count). The van der Waals surface area contributed by atoms with Gasteiger partial charge in [-0.1, -0.05) is 0 Å². The molecule has 0 aliphatic rings. The summed E-state index contributed by atoms with van der Waals surface area (Å²) in [6, 6.07) is 9.69. The van der Waals surface area contributed by atoms with Gasteiger partial charge in [-0.05, 0) is 31.2 Å². The summed E-state index contributed by atoms with van der Waals surface area (Å²) >= 11 is 1.67. The molecule has 86 valence electrons. The van der Waals surface area contributed by atoms with Crippen molar-refractivity contribution in [3.05, 3.63) is 45.9 Å². The van der Waals surface area contributed by atoms with Crippen LogP contribution in [0.15, 0.2) is 29.6 Å². The molecule has 17 heavy (non-hydrogen) atoms. The molecule has 0 spiro atoms. The Morgan fingerprint density at radius 3 is 2.59 bits per heavy atom. The second kappa shape index (κ2) is 4.98. The Hall–Kier alpha value is -1.86. The van der Waals surface area contributed by atoms with Crippen LogP contribution in [0.1, 0.15) is 16.3 Å². The highest BCUT2D eigenvalue weighted by atomic mass is 32.1. The molecule has 0 bridgehead atoms. The molecule has 4 heteroatoms. The smallest absolute Gasteiger partial charge is 0.0991 e. The van der Waals surface area contributed by atoms with E-state index in [-0.39, 0.29) is 0 Å². The van der Waals surface area contributed by atoms with Gasteiger partial charge in [0.15, 0.2) is 0 Å². The maximum atomic E-state index is 8.73. The Kier molecular flexibility index (Phi) is 3.40. The zero-order chi connectivity index (χ0) is 12.3. The largest absolute Gasteiger partial charge is 0.369 e. The Bertz CT molecular complexity index is 537. The van der Waals surface area contributed by atoms with E-state index in [2.05, 4.69) is 21.3 Å². The second-order valence-electron chi connectivity index (χ2n) is 3.87. The SMILES string of the molecule is Cc1nc(CN(C)c2ccc(C#N)cc2)cs1. The normalized spacial score (nSPS) is 9.94. The van der Waals surface area contributed by atoms with Crippen LogP contribution in [0.3, 0.4) is 0 Å². The molecule has 0 aliphatic carbocycles. The molecule has 0 amide bonds. The molecule has 3 nitrogen and oxygen atoms in total. The number of nitrogens with zero attached hydrogens (tertiary/aromatic N) is 3. The highest BCUT2D eigenvalue weighted by Gasteiger charge is 2.04. The van der Waals surface area contributed by atoms with Crippen molar-refractivity contribution in [2.45, 2.75) is 13.5 Å². The number of nitriles is 1. The topological polar surface area (TPSA) is 39.9 Å². The summed E-state index contributed by atoms with van der Waals surface area (Å²) in [4.78, 5) is 6.56. The van der Waals surface area contributed by atoms with Crippen LogP contribution < -0.4 is 4.90 Å². The Balaban J connectivity index is 2.09. The van der Waals surface area contributed by atoms with Crippen molar-refractivity contribution in [2.75, 3.05) is 11.9 Å². The summed E-state index contributed by atoms with van der Waals surface area (Å²) in [5, 5.41) is 11.9. The van der Waals surface area contributed by atoms with Gasteiger partial charge in [0, 0.05) is 18.1 Å². The second-order valence-corrected chi connectivity index (χ2v) is 4.93. The molecule has 0 N–H and O–H groups in total. The first-order chi connectivity index (χ1) is 8.19. The van der Waals surface area contributed by atoms with Crippen LogP contribution in [0.4, 0.5) is 5.69 Å². The zero-order valence-corrected chi connectivity index (χ0v) is 10.7. The van der Waals surface area contributed by atoms with E-state index < -0.39 is 0 Å². The van der Waals surface area contributed by atoms with E-state index in [1.807, 2.05) is 38.2 Å². The summed E-state index contributed by atoms with van der Waals surface area (Å²) in [6.45, 7) is 2.80. The van der Waals surface area contributed by atoms with E-state index >= 15 is 0 Å². The monoisotopic (exact) mass is 243 g/mol. The summed E-state index contributed by atoms with van der Waals surface area (Å²) < 4.78 is 0. The molecular formula is C13H13N3S. The van der Waals surface area contributed by atoms with Crippen LogP contribution in [-0.4, -0.2) is 12.0 Å². The Morgan fingerprint density at radius 1 is 1.35 bits per heavy atom. The van der Waals surface area contributed by atoms with Gasteiger partial charge in [0.05, 0.1) is 28.9 Å². The van der Waals surface area contributed by atoms with Gasteiger partial charge >= 0.3 is 0 Å². The van der Waals surface area contributed by atoms with E-state index in [9.17, 15) is 0 Å². The minimum atomic E-state index is 0.687. The van der Waals surface area contributed by atoms with Gasteiger partial charge in [-0.3, -0.25) is 0 Å². The number of aryl methyl sites for hydroxylation is 1. The first-order valence-electron chi connectivity index (χ1n) is 5.31. The van der Waals surface area contributed by atoms with Crippen LogP contribution in [0.2, 0.25) is 0 Å². The third-order valence-corrected chi connectivity index (χ3v) is 3.33. The lowest BCUT2D eigenvalue weighted by Gasteiger charge is -2.17. The van der Waals surface area contributed by atoms with Crippen molar-refractivity contribution in [2.24, 2.45) is 0 Å². The van der Waals surface area contributed by atoms with Crippen molar-refractivity contribution >= 4 is 17.0 Å². The number of aromatic nitrogens is 1. The van der Waals surface area contributed by atoms with Crippen molar-refractivity contribution in [1.82, 2.24) is 4.98 Å². The molecule has 1 aromatic heterocycles. The molecule has 0 aliphatic heterocycles. The van der Waals surface area contributed by atoms with Crippen molar-refractivity contribution < 1.29 is 0 Å². The first kappa shape index (κ1) is 11.6.